The van der Waals surface area contributed by atoms with Crippen LogP contribution in [0.4, 0.5) is 13.2 Å². The lowest BCUT2D eigenvalue weighted by molar-refractivity contribution is -0.134. The minimum absolute atomic E-state index is 0.440. The first-order valence-electron chi connectivity index (χ1n) is 4.27. The molecule has 15 heavy (non-hydrogen) atoms. The maximum absolute atomic E-state index is 12.0. The molecule has 0 aliphatic carbocycles. The van der Waals surface area contributed by atoms with Gasteiger partial charge in [-0.1, -0.05) is 12.1 Å². The van der Waals surface area contributed by atoms with E-state index in [1.807, 2.05) is 0 Å². The van der Waals surface area contributed by atoms with Crippen LogP contribution in [0.3, 0.4) is 0 Å². The van der Waals surface area contributed by atoms with E-state index in [0.29, 0.717) is 11.3 Å². The highest BCUT2D eigenvalue weighted by molar-refractivity contribution is 6.20. The molecule has 0 aliphatic heterocycles. The first-order chi connectivity index (χ1) is 6.92. The summed E-state index contributed by atoms with van der Waals surface area (Å²) in [4.78, 5) is 0. The van der Waals surface area contributed by atoms with Gasteiger partial charge in [-0.3, -0.25) is 0 Å². The van der Waals surface area contributed by atoms with Crippen molar-refractivity contribution in [1.82, 2.24) is 0 Å². The summed E-state index contributed by atoms with van der Waals surface area (Å²) in [7, 11) is 1.49. The van der Waals surface area contributed by atoms with Gasteiger partial charge in [-0.15, -0.1) is 11.6 Å². The highest BCUT2D eigenvalue weighted by Gasteiger charge is 2.31. The summed E-state index contributed by atoms with van der Waals surface area (Å²) in [5.74, 6) is 0.592. The van der Waals surface area contributed by atoms with Gasteiger partial charge in [0, 0.05) is 0 Å². The highest BCUT2D eigenvalue weighted by Crippen LogP contribution is 2.34. The molecule has 0 aromatic heterocycles. The van der Waals surface area contributed by atoms with Crippen molar-refractivity contribution in [1.29, 1.82) is 0 Å². The smallest absolute Gasteiger partial charge is 0.390 e. The molecule has 0 spiro atoms. The van der Waals surface area contributed by atoms with Crippen LogP contribution in [0.25, 0.3) is 0 Å². The van der Waals surface area contributed by atoms with E-state index in [1.54, 1.807) is 12.1 Å². The van der Waals surface area contributed by atoms with Crippen LogP contribution in [0.5, 0.6) is 5.75 Å². The van der Waals surface area contributed by atoms with Crippen LogP contribution < -0.4 is 4.74 Å². The number of ether oxygens (including phenoxy) is 1. The van der Waals surface area contributed by atoms with Gasteiger partial charge in [0.15, 0.2) is 0 Å². The Labute approximate surface area is 90.8 Å². The molecule has 0 amide bonds. The van der Waals surface area contributed by atoms with E-state index in [9.17, 15) is 13.2 Å². The summed E-state index contributed by atoms with van der Waals surface area (Å²) >= 11 is 5.63. The third-order valence-corrected chi connectivity index (χ3v) is 2.29. The zero-order valence-corrected chi connectivity index (χ0v) is 8.77. The molecule has 5 heteroatoms. The number of halogens is 4. The van der Waals surface area contributed by atoms with E-state index in [0.717, 1.165) is 0 Å². The van der Waals surface area contributed by atoms with Gasteiger partial charge < -0.3 is 4.74 Å². The van der Waals surface area contributed by atoms with Gasteiger partial charge in [-0.25, -0.2) is 0 Å². The third-order valence-electron chi connectivity index (χ3n) is 1.89. The maximum atomic E-state index is 12.0. The van der Waals surface area contributed by atoms with Crippen molar-refractivity contribution in [3.8, 4) is 5.75 Å². The maximum Gasteiger partial charge on any atom is 0.390 e. The van der Waals surface area contributed by atoms with Crippen molar-refractivity contribution in [2.75, 3.05) is 7.11 Å². The zero-order valence-electron chi connectivity index (χ0n) is 8.01. The van der Waals surface area contributed by atoms with Crippen LogP contribution >= 0.6 is 11.6 Å². The average molecular weight is 239 g/mol. The summed E-state index contributed by atoms with van der Waals surface area (Å²) in [6.45, 7) is 0. The van der Waals surface area contributed by atoms with Crippen molar-refractivity contribution in [3.05, 3.63) is 29.8 Å². The fourth-order valence-electron chi connectivity index (χ4n) is 1.13. The second kappa shape index (κ2) is 4.75. The standard InChI is InChI=1S/C10H10ClF3O/c1-15-8-4-2-7(3-5-8)9(11)6-10(12,13)14/h2-5,9H,6H2,1H3. The summed E-state index contributed by atoms with van der Waals surface area (Å²) in [6.07, 6.45) is -5.27. The summed E-state index contributed by atoms with van der Waals surface area (Å²) in [5.41, 5.74) is 0.440. The normalized spacial score (nSPS) is 13.7. The summed E-state index contributed by atoms with van der Waals surface area (Å²) < 4.78 is 41.0. The summed E-state index contributed by atoms with van der Waals surface area (Å²) in [5, 5.41) is -1.05. The topological polar surface area (TPSA) is 9.23 Å². The summed E-state index contributed by atoms with van der Waals surface area (Å²) in [6, 6.07) is 6.23. The quantitative estimate of drug-likeness (QED) is 0.725. The molecule has 0 saturated carbocycles. The first-order valence-corrected chi connectivity index (χ1v) is 4.71. The molecule has 1 aromatic carbocycles. The Hall–Kier alpha value is -0.900. The monoisotopic (exact) mass is 238 g/mol. The van der Waals surface area contributed by atoms with Crippen molar-refractivity contribution in [2.45, 2.75) is 18.0 Å². The number of benzene rings is 1. The van der Waals surface area contributed by atoms with E-state index in [-0.39, 0.29) is 0 Å². The second-order valence-corrected chi connectivity index (χ2v) is 3.59. The fraction of sp³-hybridized carbons (Fsp3) is 0.400. The van der Waals surface area contributed by atoms with Crippen LogP contribution in [0.2, 0.25) is 0 Å². The van der Waals surface area contributed by atoms with Crippen LogP contribution in [0.15, 0.2) is 24.3 Å². The van der Waals surface area contributed by atoms with E-state index < -0.39 is 18.0 Å². The van der Waals surface area contributed by atoms with Gasteiger partial charge >= 0.3 is 6.18 Å². The third kappa shape index (κ3) is 4.00. The molecule has 1 rings (SSSR count). The van der Waals surface area contributed by atoms with Crippen LogP contribution in [-0.2, 0) is 0 Å². The lowest BCUT2D eigenvalue weighted by Gasteiger charge is -2.12. The lowest BCUT2D eigenvalue weighted by atomic mass is 10.1. The Morgan fingerprint density at radius 2 is 1.80 bits per heavy atom. The molecule has 84 valence electrons. The van der Waals surface area contributed by atoms with Crippen LogP contribution in [-0.4, -0.2) is 13.3 Å². The lowest BCUT2D eigenvalue weighted by Crippen LogP contribution is -2.10. The molecular formula is C10H10ClF3O. The Kier molecular flexibility index (Phi) is 3.85. The second-order valence-electron chi connectivity index (χ2n) is 3.06. The predicted octanol–water partition coefficient (Wildman–Crippen LogP) is 3.93. The molecule has 1 unspecified atom stereocenters. The van der Waals surface area contributed by atoms with Crippen LogP contribution in [0, 0.1) is 0 Å². The molecule has 0 N–H and O–H groups in total. The van der Waals surface area contributed by atoms with Crippen molar-refractivity contribution < 1.29 is 17.9 Å². The molecule has 0 aliphatic rings. The molecule has 0 heterocycles. The predicted molar refractivity (Wildman–Crippen MR) is 52.3 cm³/mol. The van der Waals surface area contributed by atoms with Gasteiger partial charge in [-0.05, 0) is 17.7 Å². The first kappa shape index (κ1) is 12.2. The van der Waals surface area contributed by atoms with Crippen molar-refractivity contribution >= 4 is 11.6 Å². The average Bonchev–Trinajstić information content (AvgIpc) is 2.15. The number of alkyl halides is 4. The Morgan fingerprint density at radius 3 is 2.20 bits per heavy atom. The minimum atomic E-state index is -4.24. The molecule has 0 radical (unpaired) electrons. The molecule has 0 fully saturated rings. The fourth-order valence-corrected chi connectivity index (χ4v) is 1.45. The Bertz CT molecular complexity index is 307. The van der Waals surface area contributed by atoms with Gasteiger partial charge in [0.2, 0.25) is 0 Å². The minimum Gasteiger partial charge on any atom is -0.497 e. The zero-order chi connectivity index (χ0) is 11.5. The van der Waals surface area contributed by atoms with E-state index >= 15 is 0 Å². The number of rotatable bonds is 3. The van der Waals surface area contributed by atoms with Gasteiger partial charge in [0.05, 0.1) is 18.9 Å². The van der Waals surface area contributed by atoms with Gasteiger partial charge in [-0.2, -0.15) is 13.2 Å². The SMILES string of the molecule is COc1ccc(C(Cl)CC(F)(F)F)cc1. The molecular weight excluding hydrogens is 229 g/mol. The molecule has 0 bridgehead atoms. The number of hydrogen-bond acceptors (Lipinski definition) is 1. The van der Waals surface area contributed by atoms with E-state index in [2.05, 4.69) is 0 Å². The van der Waals surface area contributed by atoms with Gasteiger partial charge in [0.25, 0.3) is 0 Å². The molecule has 0 saturated heterocycles. The Morgan fingerprint density at radius 1 is 1.27 bits per heavy atom. The van der Waals surface area contributed by atoms with E-state index in [4.69, 9.17) is 16.3 Å². The largest absolute Gasteiger partial charge is 0.497 e. The molecule has 1 aromatic rings. The Balaban J connectivity index is 2.70. The van der Waals surface area contributed by atoms with E-state index in [1.165, 1.54) is 19.2 Å². The number of hydrogen-bond donors (Lipinski definition) is 0. The molecule has 1 nitrogen and oxygen atoms in total. The van der Waals surface area contributed by atoms with Crippen molar-refractivity contribution in [3.63, 3.8) is 0 Å². The van der Waals surface area contributed by atoms with Gasteiger partial charge in [0.1, 0.15) is 5.75 Å². The number of methoxy groups -OCH3 is 1. The van der Waals surface area contributed by atoms with Crippen LogP contribution in [0.1, 0.15) is 17.4 Å². The van der Waals surface area contributed by atoms with Crippen molar-refractivity contribution in [2.24, 2.45) is 0 Å². The molecule has 1 atom stereocenters. The highest BCUT2D eigenvalue weighted by atomic mass is 35.5.